The fourth-order valence-electron chi connectivity index (χ4n) is 9.55. The van der Waals surface area contributed by atoms with Crippen LogP contribution < -0.4 is 0 Å². The van der Waals surface area contributed by atoms with Crippen LogP contribution in [0.25, 0.3) is 0 Å². The number of rotatable bonds is 53. The summed E-state index contributed by atoms with van der Waals surface area (Å²) in [6.07, 6.45) is 54.1. The molecule has 0 amide bonds. The normalized spacial score (nSPS) is 19.1. The van der Waals surface area contributed by atoms with E-state index in [0.717, 1.165) is 32.1 Å². The minimum absolute atomic E-state index is 0.106. The third-order valence-corrected chi connectivity index (χ3v) is 14.2. The van der Waals surface area contributed by atoms with Gasteiger partial charge in [0, 0.05) is 13.0 Å². The number of carbonyl (C=O) groups is 1. The van der Waals surface area contributed by atoms with E-state index >= 15 is 0 Å². The van der Waals surface area contributed by atoms with Crippen LogP contribution in [0.2, 0.25) is 0 Å². The van der Waals surface area contributed by atoms with Gasteiger partial charge in [0.2, 0.25) is 0 Å². The van der Waals surface area contributed by atoms with Gasteiger partial charge in [-0.25, -0.2) is 0 Å². The summed E-state index contributed by atoms with van der Waals surface area (Å²) in [5, 5.41) is 40.4. The van der Waals surface area contributed by atoms with Crippen molar-refractivity contribution < 1.29 is 44.2 Å². The van der Waals surface area contributed by atoms with E-state index in [9.17, 15) is 25.2 Å². The number of aliphatic hydroxyl groups is 4. The second-order valence-corrected chi connectivity index (χ2v) is 20.8. The van der Waals surface area contributed by atoms with Gasteiger partial charge < -0.3 is 39.4 Å². The van der Waals surface area contributed by atoms with Gasteiger partial charge in [-0.2, -0.15) is 0 Å². The van der Waals surface area contributed by atoms with E-state index in [0.29, 0.717) is 13.0 Å². The van der Waals surface area contributed by atoms with Crippen molar-refractivity contribution in [2.45, 2.75) is 333 Å². The number of hydrogen-bond acceptors (Lipinski definition) is 9. The molecule has 404 valence electrons. The summed E-state index contributed by atoms with van der Waals surface area (Å²) in [5.41, 5.74) is 0. The lowest BCUT2D eigenvalue weighted by Crippen LogP contribution is -2.59. The highest BCUT2D eigenvalue weighted by atomic mass is 16.7. The molecule has 6 atom stereocenters. The first-order valence-electron chi connectivity index (χ1n) is 29.8. The smallest absolute Gasteiger partial charge is 0.306 e. The first kappa shape index (κ1) is 64.9. The lowest BCUT2D eigenvalue weighted by Gasteiger charge is -2.39. The van der Waals surface area contributed by atoms with Gasteiger partial charge in [-0.1, -0.05) is 264 Å². The van der Waals surface area contributed by atoms with Crippen molar-refractivity contribution in [2.24, 2.45) is 0 Å². The van der Waals surface area contributed by atoms with Crippen molar-refractivity contribution >= 4 is 5.97 Å². The van der Waals surface area contributed by atoms with E-state index in [-0.39, 0.29) is 19.2 Å². The largest absolute Gasteiger partial charge is 0.457 e. The number of aliphatic hydroxyl groups excluding tert-OH is 4. The Bertz CT molecular complexity index is 1060. The van der Waals surface area contributed by atoms with Gasteiger partial charge in [-0.05, 0) is 38.5 Å². The summed E-state index contributed by atoms with van der Waals surface area (Å²) < 4.78 is 23.0. The molecule has 0 aliphatic carbocycles. The molecule has 0 aromatic carbocycles. The lowest BCUT2D eigenvalue weighted by atomic mass is 9.99. The van der Waals surface area contributed by atoms with Crippen molar-refractivity contribution in [1.29, 1.82) is 0 Å². The molecule has 1 fully saturated rings. The number of hydrogen-bond donors (Lipinski definition) is 4. The van der Waals surface area contributed by atoms with Gasteiger partial charge in [-0.3, -0.25) is 4.79 Å². The molecule has 1 aliphatic rings. The van der Waals surface area contributed by atoms with Gasteiger partial charge in [0.25, 0.3) is 0 Å². The van der Waals surface area contributed by atoms with Crippen molar-refractivity contribution in [3.63, 3.8) is 0 Å². The molecule has 0 bridgehead atoms. The van der Waals surface area contributed by atoms with Gasteiger partial charge >= 0.3 is 5.97 Å². The molecule has 68 heavy (non-hydrogen) atoms. The van der Waals surface area contributed by atoms with Crippen LogP contribution >= 0.6 is 0 Å². The van der Waals surface area contributed by atoms with Crippen LogP contribution in [-0.2, 0) is 23.7 Å². The number of unbranched alkanes of at least 4 members (excludes halogenated alkanes) is 40. The molecule has 0 spiro atoms. The Hall–Kier alpha value is -1.07. The molecule has 9 nitrogen and oxygen atoms in total. The van der Waals surface area contributed by atoms with E-state index in [1.807, 2.05) is 0 Å². The fourth-order valence-corrected chi connectivity index (χ4v) is 9.55. The molecule has 1 aliphatic heterocycles. The second kappa shape index (κ2) is 50.9. The van der Waals surface area contributed by atoms with E-state index in [1.165, 1.54) is 244 Å². The summed E-state index contributed by atoms with van der Waals surface area (Å²) in [6.45, 7) is 4.64. The quantitative estimate of drug-likeness (QED) is 0.0267. The van der Waals surface area contributed by atoms with Gasteiger partial charge in [0.05, 0.1) is 19.8 Å². The predicted octanol–water partition coefficient (Wildman–Crippen LogP) is 15.5. The summed E-state index contributed by atoms with van der Waals surface area (Å²) in [6, 6.07) is 0. The molecular weight excluding hydrogens is 853 g/mol. The first-order chi connectivity index (χ1) is 33.4. The zero-order valence-electron chi connectivity index (χ0n) is 44.9. The van der Waals surface area contributed by atoms with E-state index in [2.05, 4.69) is 26.0 Å². The molecule has 9 heteroatoms. The third-order valence-electron chi connectivity index (χ3n) is 14.2. The number of allylic oxidation sites excluding steroid dienone is 2. The molecular formula is C59H114O9. The molecule has 0 radical (unpaired) electrons. The molecule has 1 saturated heterocycles. The van der Waals surface area contributed by atoms with E-state index in [1.54, 1.807) is 0 Å². The Labute approximate surface area is 420 Å². The topological polar surface area (TPSA) is 135 Å². The monoisotopic (exact) mass is 967 g/mol. The first-order valence-corrected chi connectivity index (χ1v) is 29.8. The Morgan fingerprint density at radius 3 is 1.19 bits per heavy atom. The maximum absolute atomic E-state index is 12.9. The molecule has 0 saturated carbocycles. The van der Waals surface area contributed by atoms with Gasteiger partial charge in [0.15, 0.2) is 6.29 Å². The molecule has 6 unspecified atom stereocenters. The summed E-state index contributed by atoms with van der Waals surface area (Å²) >= 11 is 0. The minimum atomic E-state index is -1.53. The zero-order valence-corrected chi connectivity index (χ0v) is 44.9. The van der Waals surface area contributed by atoms with Crippen molar-refractivity contribution in [2.75, 3.05) is 26.4 Å². The maximum atomic E-state index is 12.9. The van der Waals surface area contributed by atoms with Crippen LogP contribution in [0.1, 0.15) is 296 Å². The van der Waals surface area contributed by atoms with Crippen LogP contribution in [0.15, 0.2) is 12.2 Å². The number of esters is 1. The molecule has 1 heterocycles. The molecule has 0 aromatic heterocycles. The summed E-state index contributed by atoms with van der Waals surface area (Å²) in [5.74, 6) is -0.305. The molecule has 0 aromatic rings. The summed E-state index contributed by atoms with van der Waals surface area (Å²) in [4.78, 5) is 12.9. The van der Waals surface area contributed by atoms with Crippen LogP contribution in [0, 0.1) is 0 Å². The van der Waals surface area contributed by atoms with Gasteiger partial charge in [-0.15, -0.1) is 0 Å². The maximum Gasteiger partial charge on any atom is 0.306 e. The Kier molecular flexibility index (Phi) is 48.6. The van der Waals surface area contributed by atoms with E-state index in [4.69, 9.17) is 18.9 Å². The van der Waals surface area contributed by atoms with Crippen LogP contribution in [0.5, 0.6) is 0 Å². The predicted molar refractivity (Wildman–Crippen MR) is 284 cm³/mol. The van der Waals surface area contributed by atoms with Crippen LogP contribution in [0.3, 0.4) is 0 Å². The summed E-state index contributed by atoms with van der Waals surface area (Å²) in [7, 11) is 0. The zero-order chi connectivity index (χ0) is 49.2. The number of ether oxygens (including phenoxy) is 4. The third kappa shape index (κ3) is 40.5. The highest BCUT2D eigenvalue weighted by molar-refractivity contribution is 5.69. The molecule has 4 N–H and O–H groups in total. The highest BCUT2D eigenvalue weighted by Crippen LogP contribution is 2.23. The SMILES string of the molecule is CCCCCCCCCC/C=C\CCCCCCCCCCCCCCCC(=O)OC(COCCCCCCCCCCCCCCCCCCCCCC)COC1OC(CO)C(O)C(O)C1O. The average Bonchev–Trinajstić information content (AvgIpc) is 3.34. The lowest BCUT2D eigenvalue weighted by molar-refractivity contribution is -0.305. The van der Waals surface area contributed by atoms with Crippen LogP contribution in [-0.4, -0.2) is 89.6 Å². The Morgan fingerprint density at radius 1 is 0.456 bits per heavy atom. The second-order valence-electron chi connectivity index (χ2n) is 20.8. The number of carbonyl (C=O) groups excluding carboxylic acids is 1. The highest BCUT2D eigenvalue weighted by Gasteiger charge is 2.44. The standard InChI is InChI=1S/C59H114O9/c1-3-5-7-9-11-13-15-17-19-21-23-25-26-27-28-29-30-32-34-36-38-40-42-44-46-48-55(61)67-53(52-66-59-58(64)57(63)56(62)54(50-60)68-59)51-65-49-47-45-43-41-39-37-35-33-31-24-22-20-18-16-14-12-10-8-6-4-2/h21,23,53-54,56-60,62-64H,3-20,22,24-52H2,1-2H3/b23-21-. The van der Waals surface area contributed by atoms with E-state index < -0.39 is 43.4 Å². The molecule has 1 rings (SSSR count). The average molecular weight is 968 g/mol. The fraction of sp³-hybridized carbons (Fsp3) is 0.949. The van der Waals surface area contributed by atoms with Gasteiger partial charge in [0.1, 0.15) is 30.5 Å². The minimum Gasteiger partial charge on any atom is -0.457 e. The van der Waals surface area contributed by atoms with Crippen molar-refractivity contribution in [1.82, 2.24) is 0 Å². The van der Waals surface area contributed by atoms with Crippen molar-refractivity contribution in [3.05, 3.63) is 12.2 Å². The van der Waals surface area contributed by atoms with Crippen LogP contribution in [0.4, 0.5) is 0 Å². The Balaban J connectivity index is 2.12. The van der Waals surface area contributed by atoms with Crippen molar-refractivity contribution in [3.8, 4) is 0 Å². The Morgan fingerprint density at radius 2 is 0.809 bits per heavy atom.